The fourth-order valence-corrected chi connectivity index (χ4v) is 3.44. The van der Waals surface area contributed by atoms with Gasteiger partial charge in [-0.15, -0.1) is 0 Å². The Morgan fingerprint density at radius 2 is 2.00 bits per heavy atom. The van der Waals surface area contributed by atoms with E-state index in [0.717, 1.165) is 6.54 Å². The highest BCUT2D eigenvalue weighted by Gasteiger charge is 2.32. The molecule has 0 amide bonds. The minimum absolute atomic E-state index is 0.0110. The second kappa shape index (κ2) is 4.39. The van der Waals surface area contributed by atoms with Crippen molar-refractivity contribution in [2.75, 3.05) is 26.2 Å². The minimum atomic E-state index is -3.10. The SMILES string of the molecule is CC1CNCCN(CC(C)(C)C)S1(=O)=O. The summed E-state index contributed by atoms with van der Waals surface area (Å²) >= 11 is 0. The van der Waals surface area contributed by atoms with Crippen molar-refractivity contribution < 1.29 is 8.42 Å². The fraction of sp³-hybridized carbons (Fsp3) is 1.00. The Kier molecular flexibility index (Phi) is 3.79. The Morgan fingerprint density at radius 1 is 1.40 bits per heavy atom. The van der Waals surface area contributed by atoms with Crippen LogP contribution in [0.5, 0.6) is 0 Å². The van der Waals surface area contributed by atoms with Crippen LogP contribution in [0.3, 0.4) is 0 Å². The third-order valence-corrected chi connectivity index (χ3v) is 4.70. The van der Waals surface area contributed by atoms with Crippen molar-refractivity contribution in [1.82, 2.24) is 9.62 Å². The molecule has 1 fully saturated rings. The molecular weight excluding hydrogens is 212 g/mol. The molecule has 1 saturated heterocycles. The Hall–Kier alpha value is -0.130. The number of sulfonamides is 1. The highest BCUT2D eigenvalue weighted by Crippen LogP contribution is 2.20. The quantitative estimate of drug-likeness (QED) is 0.725. The number of nitrogens with zero attached hydrogens (tertiary/aromatic N) is 1. The smallest absolute Gasteiger partial charge is 0.218 e. The molecule has 0 bridgehead atoms. The van der Waals surface area contributed by atoms with E-state index in [2.05, 4.69) is 26.1 Å². The number of hydrogen-bond donors (Lipinski definition) is 1. The molecule has 1 aliphatic rings. The first kappa shape index (κ1) is 12.9. The standard InChI is InChI=1S/C10H22N2O2S/c1-9-7-11-5-6-12(15(9,13)14)8-10(2,3)4/h9,11H,5-8H2,1-4H3. The summed E-state index contributed by atoms with van der Waals surface area (Å²) in [6.45, 7) is 10.4. The lowest BCUT2D eigenvalue weighted by Crippen LogP contribution is -2.42. The first-order valence-corrected chi connectivity index (χ1v) is 6.93. The molecule has 0 aromatic carbocycles. The first-order valence-electron chi connectivity index (χ1n) is 5.43. The van der Waals surface area contributed by atoms with Crippen LogP contribution in [-0.4, -0.2) is 44.2 Å². The van der Waals surface area contributed by atoms with Gasteiger partial charge in [-0.3, -0.25) is 0 Å². The average Bonchev–Trinajstić information content (AvgIpc) is 2.16. The average molecular weight is 234 g/mol. The lowest BCUT2D eigenvalue weighted by molar-refractivity contribution is 0.285. The molecule has 0 saturated carbocycles. The lowest BCUT2D eigenvalue weighted by atomic mass is 9.97. The van der Waals surface area contributed by atoms with Gasteiger partial charge in [-0.05, 0) is 12.3 Å². The summed E-state index contributed by atoms with van der Waals surface area (Å²) in [5.74, 6) is 0. The number of nitrogens with one attached hydrogen (secondary N) is 1. The van der Waals surface area contributed by atoms with Crippen molar-refractivity contribution >= 4 is 10.0 Å². The molecule has 4 nitrogen and oxygen atoms in total. The summed E-state index contributed by atoms with van der Waals surface area (Å²) in [5.41, 5.74) is 0.0110. The number of hydrogen-bond acceptors (Lipinski definition) is 3. The molecule has 0 radical (unpaired) electrons. The zero-order valence-electron chi connectivity index (χ0n) is 10.1. The molecule has 0 aliphatic carbocycles. The summed E-state index contributed by atoms with van der Waals surface area (Å²) in [6.07, 6.45) is 0. The van der Waals surface area contributed by atoms with Crippen molar-refractivity contribution in [3.8, 4) is 0 Å². The van der Waals surface area contributed by atoms with Crippen molar-refractivity contribution in [3.63, 3.8) is 0 Å². The van der Waals surface area contributed by atoms with E-state index >= 15 is 0 Å². The van der Waals surface area contributed by atoms with Crippen molar-refractivity contribution in [1.29, 1.82) is 0 Å². The van der Waals surface area contributed by atoms with E-state index in [4.69, 9.17) is 0 Å². The van der Waals surface area contributed by atoms with E-state index in [1.54, 1.807) is 11.2 Å². The van der Waals surface area contributed by atoms with E-state index in [-0.39, 0.29) is 10.7 Å². The van der Waals surface area contributed by atoms with Crippen LogP contribution < -0.4 is 5.32 Å². The maximum atomic E-state index is 12.1. The molecule has 1 aliphatic heterocycles. The van der Waals surface area contributed by atoms with E-state index in [9.17, 15) is 8.42 Å². The summed E-state index contributed by atoms with van der Waals surface area (Å²) in [6, 6.07) is 0. The van der Waals surface area contributed by atoms with Gasteiger partial charge in [0.2, 0.25) is 10.0 Å². The van der Waals surface area contributed by atoms with Gasteiger partial charge in [0.15, 0.2) is 0 Å². The molecule has 1 unspecified atom stereocenters. The summed E-state index contributed by atoms with van der Waals surface area (Å²) in [5, 5.41) is 2.83. The first-order chi connectivity index (χ1) is 6.73. The Morgan fingerprint density at radius 3 is 2.53 bits per heavy atom. The van der Waals surface area contributed by atoms with Crippen LogP contribution in [0, 0.1) is 5.41 Å². The molecule has 0 aromatic heterocycles. The zero-order valence-corrected chi connectivity index (χ0v) is 10.9. The lowest BCUT2D eigenvalue weighted by Gasteiger charge is -2.29. The van der Waals surface area contributed by atoms with Crippen LogP contribution in [0.15, 0.2) is 0 Å². The van der Waals surface area contributed by atoms with Crippen molar-refractivity contribution in [2.45, 2.75) is 32.9 Å². The molecule has 1 rings (SSSR count). The Labute approximate surface area is 93.1 Å². The van der Waals surface area contributed by atoms with Crippen LogP contribution in [0.4, 0.5) is 0 Å². The van der Waals surface area contributed by atoms with Gasteiger partial charge in [0.05, 0.1) is 5.25 Å². The van der Waals surface area contributed by atoms with Crippen LogP contribution in [0.2, 0.25) is 0 Å². The largest absolute Gasteiger partial charge is 0.314 e. The van der Waals surface area contributed by atoms with Crippen LogP contribution in [0.25, 0.3) is 0 Å². The predicted octanol–water partition coefficient (Wildman–Crippen LogP) is 0.656. The molecule has 90 valence electrons. The molecule has 15 heavy (non-hydrogen) atoms. The fourth-order valence-electron chi connectivity index (χ4n) is 1.69. The van der Waals surface area contributed by atoms with Gasteiger partial charge in [-0.1, -0.05) is 20.8 Å². The normalized spacial score (nSPS) is 28.7. The Balaban J connectivity index is 2.85. The highest BCUT2D eigenvalue weighted by molar-refractivity contribution is 7.89. The van der Waals surface area contributed by atoms with E-state index in [1.165, 1.54) is 0 Å². The predicted molar refractivity (Wildman–Crippen MR) is 62.3 cm³/mol. The van der Waals surface area contributed by atoms with Gasteiger partial charge in [-0.2, -0.15) is 4.31 Å². The second-order valence-corrected chi connectivity index (χ2v) is 7.80. The molecule has 5 heteroatoms. The van der Waals surface area contributed by atoms with E-state index in [0.29, 0.717) is 19.6 Å². The van der Waals surface area contributed by atoms with Crippen molar-refractivity contribution in [2.24, 2.45) is 5.41 Å². The molecule has 1 heterocycles. The van der Waals surface area contributed by atoms with Crippen LogP contribution in [-0.2, 0) is 10.0 Å². The third kappa shape index (κ3) is 3.43. The van der Waals surface area contributed by atoms with Gasteiger partial charge in [0.25, 0.3) is 0 Å². The second-order valence-electron chi connectivity index (χ2n) is 5.45. The highest BCUT2D eigenvalue weighted by atomic mass is 32.2. The summed E-state index contributed by atoms with van der Waals surface area (Å²) < 4.78 is 25.8. The van der Waals surface area contributed by atoms with Crippen LogP contribution in [0.1, 0.15) is 27.7 Å². The zero-order chi connectivity index (χ0) is 11.7. The van der Waals surface area contributed by atoms with Crippen molar-refractivity contribution in [3.05, 3.63) is 0 Å². The van der Waals surface area contributed by atoms with Crippen LogP contribution >= 0.6 is 0 Å². The minimum Gasteiger partial charge on any atom is -0.314 e. The topological polar surface area (TPSA) is 49.4 Å². The maximum Gasteiger partial charge on any atom is 0.218 e. The van der Waals surface area contributed by atoms with Gasteiger partial charge in [0, 0.05) is 26.2 Å². The van der Waals surface area contributed by atoms with E-state index < -0.39 is 10.0 Å². The third-order valence-electron chi connectivity index (χ3n) is 2.49. The summed E-state index contributed by atoms with van der Waals surface area (Å²) in [7, 11) is -3.10. The van der Waals surface area contributed by atoms with E-state index in [1.807, 2.05) is 0 Å². The van der Waals surface area contributed by atoms with Gasteiger partial charge < -0.3 is 5.32 Å². The monoisotopic (exact) mass is 234 g/mol. The molecule has 0 spiro atoms. The van der Waals surface area contributed by atoms with Gasteiger partial charge in [-0.25, -0.2) is 8.42 Å². The molecular formula is C10H22N2O2S. The van der Waals surface area contributed by atoms with Gasteiger partial charge in [0.1, 0.15) is 0 Å². The summed E-state index contributed by atoms with van der Waals surface area (Å²) in [4.78, 5) is 0. The molecule has 1 N–H and O–H groups in total. The maximum absolute atomic E-state index is 12.1. The molecule has 0 aromatic rings. The van der Waals surface area contributed by atoms with Gasteiger partial charge >= 0.3 is 0 Å². The Bertz CT molecular complexity index is 306. The number of rotatable bonds is 1. The molecule has 1 atom stereocenters.